The first-order valence-corrected chi connectivity index (χ1v) is 7.89. The van der Waals surface area contributed by atoms with Crippen LogP contribution in [0.2, 0.25) is 10.0 Å². The average Bonchev–Trinajstić information content (AvgIpc) is 2.55. The van der Waals surface area contributed by atoms with Crippen LogP contribution in [0.4, 0.5) is 5.69 Å². The molecule has 1 atom stereocenters. The Morgan fingerprint density at radius 1 is 1.12 bits per heavy atom. The molecule has 0 saturated carbocycles. The van der Waals surface area contributed by atoms with Crippen molar-refractivity contribution in [1.82, 2.24) is 5.32 Å². The van der Waals surface area contributed by atoms with E-state index >= 15 is 0 Å². The molecule has 2 aromatic carbocycles. The number of ether oxygens (including phenoxy) is 1. The first-order valence-electron chi connectivity index (χ1n) is 7.14. The van der Waals surface area contributed by atoms with Gasteiger partial charge in [0.25, 0.3) is 5.91 Å². The molecule has 24 heavy (non-hydrogen) atoms. The van der Waals surface area contributed by atoms with Gasteiger partial charge in [-0.05, 0) is 48.9 Å². The van der Waals surface area contributed by atoms with Crippen LogP contribution in [-0.4, -0.2) is 18.5 Å². The van der Waals surface area contributed by atoms with Gasteiger partial charge in [0, 0.05) is 5.69 Å². The van der Waals surface area contributed by atoms with Gasteiger partial charge in [-0.1, -0.05) is 29.3 Å². The number of hydrogen-bond acceptors (Lipinski definition) is 4. The van der Waals surface area contributed by atoms with Gasteiger partial charge in [-0.2, -0.15) is 0 Å². The van der Waals surface area contributed by atoms with E-state index in [0.29, 0.717) is 21.3 Å². The highest BCUT2D eigenvalue weighted by Gasteiger charge is 2.14. The molecule has 126 valence electrons. The van der Waals surface area contributed by atoms with E-state index in [4.69, 9.17) is 33.7 Å². The molecule has 2 aromatic rings. The number of nitrogen functional groups attached to an aromatic ring is 1. The smallest absolute Gasteiger partial charge is 0.338 e. The molecule has 0 aliphatic heterocycles. The monoisotopic (exact) mass is 366 g/mol. The van der Waals surface area contributed by atoms with Crippen molar-refractivity contribution in [2.75, 3.05) is 12.3 Å². The van der Waals surface area contributed by atoms with Crippen molar-refractivity contribution in [1.29, 1.82) is 0 Å². The molecule has 0 aromatic heterocycles. The summed E-state index contributed by atoms with van der Waals surface area (Å²) in [4.78, 5) is 23.7. The summed E-state index contributed by atoms with van der Waals surface area (Å²) in [5.41, 5.74) is 7.21. The van der Waals surface area contributed by atoms with E-state index in [2.05, 4.69) is 5.32 Å². The molecular weight excluding hydrogens is 351 g/mol. The van der Waals surface area contributed by atoms with E-state index in [-0.39, 0.29) is 12.6 Å². The lowest BCUT2D eigenvalue weighted by Crippen LogP contribution is -2.31. The second-order valence-corrected chi connectivity index (χ2v) is 5.98. The predicted molar refractivity (Wildman–Crippen MR) is 94.2 cm³/mol. The first-order chi connectivity index (χ1) is 11.4. The Morgan fingerprint density at radius 3 is 2.42 bits per heavy atom. The van der Waals surface area contributed by atoms with E-state index < -0.39 is 11.9 Å². The Hall–Kier alpha value is -2.24. The third-order valence-corrected chi connectivity index (χ3v) is 4.04. The molecule has 0 aliphatic rings. The summed E-state index contributed by atoms with van der Waals surface area (Å²) in [5, 5.41) is 3.57. The second-order valence-electron chi connectivity index (χ2n) is 5.16. The number of carbonyl (C=O) groups excluding carboxylic acids is 2. The van der Waals surface area contributed by atoms with Gasteiger partial charge in [0.2, 0.25) is 0 Å². The van der Waals surface area contributed by atoms with Crippen molar-refractivity contribution < 1.29 is 14.3 Å². The van der Waals surface area contributed by atoms with Crippen LogP contribution in [0.25, 0.3) is 0 Å². The van der Waals surface area contributed by atoms with Gasteiger partial charge in [0.05, 0.1) is 21.7 Å². The Bertz CT molecular complexity index is 748. The molecule has 2 rings (SSSR count). The standard InChI is InChI=1S/C17H16Cl2N2O3/c1-10(12-4-7-14(18)15(19)8-12)21-16(22)9-24-17(23)11-2-5-13(20)6-3-11/h2-8,10H,9,20H2,1H3,(H,21,22)/t10-/m0/s1. The molecule has 0 fully saturated rings. The number of nitrogens with one attached hydrogen (secondary N) is 1. The topological polar surface area (TPSA) is 81.4 Å². The Labute approximate surface area is 149 Å². The molecule has 1 amide bonds. The van der Waals surface area contributed by atoms with Crippen molar-refractivity contribution >= 4 is 40.8 Å². The maximum Gasteiger partial charge on any atom is 0.338 e. The molecular formula is C17H16Cl2N2O3. The molecule has 0 radical (unpaired) electrons. The van der Waals surface area contributed by atoms with Crippen LogP contribution in [0.5, 0.6) is 0 Å². The third-order valence-electron chi connectivity index (χ3n) is 3.30. The zero-order valence-corrected chi connectivity index (χ0v) is 14.4. The van der Waals surface area contributed by atoms with Gasteiger partial charge >= 0.3 is 5.97 Å². The van der Waals surface area contributed by atoms with Crippen molar-refractivity contribution in [3.05, 3.63) is 63.6 Å². The van der Waals surface area contributed by atoms with Crippen LogP contribution in [0.1, 0.15) is 28.9 Å². The number of esters is 1. The molecule has 0 spiro atoms. The maximum absolute atomic E-state index is 11.9. The molecule has 7 heteroatoms. The summed E-state index contributed by atoms with van der Waals surface area (Å²) in [6, 6.07) is 11.0. The number of rotatable bonds is 5. The number of anilines is 1. The molecule has 0 unspecified atom stereocenters. The molecule has 0 bridgehead atoms. The fraction of sp³-hybridized carbons (Fsp3) is 0.176. The Morgan fingerprint density at radius 2 is 1.79 bits per heavy atom. The normalized spacial score (nSPS) is 11.6. The predicted octanol–water partition coefficient (Wildman–Crippen LogP) is 3.61. The summed E-state index contributed by atoms with van der Waals surface area (Å²) in [6.45, 7) is 1.41. The van der Waals surface area contributed by atoms with Crippen LogP contribution < -0.4 is 11.1 Å². The largest absolute Gasteiger partial charge is 0.452 e. The summed E-state index contributed by atoms with van der Waals surface area (Å²) in [7, 11) is 0. The highest BCUT2D eigenvalue weighted by molar-refractivity contribution is 6.42. The van der Waals surface area contributed by atoms with Crippen molar-refractivity contribution in [3.8, 4) is 0 Å². The molecule has 3 N–H and O–H groups in total. The highest BCUT2D eigenvalue weighted by Crippen LogP contribution is 2.25. The van der Waals surface area contributed by atoms with Crippen molar-refractivity contribution in [2.24, 2.45) is 0 Å². The minimum absolute atomic E-state index is 0.303. The van der Waals surface area contributed by atoms with E-state index in [1.54, 1.807) is 37.3 Å². The molecule has 5 nitrogen and oxygen atoms in total. The zero-order chi connectivity index (χ0) is 17.7. The fourth-order valence-corrected chi connectivity index (χ4v) is 2.29. The van der Waals surface area contributed by atoms with Gasteiger partial charge < -0.3 is 15.8 Å². The van der Waals surface area contributed by atoms with Gasteiger partial charge in [0.15, 0.2) is 6.61 Å². The number of nitrogens with two attached hydrogens (primary N) is 1. The lowest BCUT2D eigenvalue weighted by atomic mass is 10.1. The number of amides is 1. The van der Waals surface area contributed by atoms with Crippen LogP contribution in [0, 0.1) is 0 Å². The van der Waals surface area contributed by atoms with E-state index in [0.717, 1.165) is 5.56 Å². The average molecular weight is 367 g/mol. The quantitative estimate of drug-likeness (QED) is 0.625. The van der Waals surface area contributed by atoms with Gasteiger partial charge in [-0.15, -0.1) is 0 Å². The van der Waals surface area contributed by atoms with Crippen LogP contribution in [-0.2, 0) is 9.53 Å². The zero-order valence-electron chi connectivity index (χ0n) is 12.9. The molecule has 0 saturated heterocycles. The highest BCUT2D eigenvalue weighted by atomic mass is 35.5. The maximum atomic E-state index is 11.9. The Kier molecular flexibility index (Phi) is 6.06. The lowest BCUT2D eigenvalue weighted by Gasteiger charge is -2.15. The van der Waals surface area contributed by atoms with Crippen molar-refractivity contribution in [3.63, 3.8) is 0 Å². The summed E-state index contributed by atoms with van der Waals surface area (Å²) in [6.07, 6.45) is 0. The third kappa shape index (κ3) is 4.88. The first kappa shape index (κ1) is 18.1. The van der Waals surface area contributed by atoms with Crippen LogP contribution in [0.15, 0.2) is 42.5 Å². The van der Waals surface area contributed by atoms with E-state index in [9.17, 15) is 9.59 Å². The van der Waals surface area contributed by atoms with Crippen LogP contribution in [0.3, 0.4) is 0 Å². The van der Waals surface area contributed by atoms with Gasteiger partial charge in [-0.25, -0.2) is 4.79 Å². The van der Waals surface area contributed by atoms with E-state index in [1.807, 2.05) is 0 Å². The summed E-state index contributed by atoms with van der Waals surface area (Å²) >= 11 is 11.8. The minimum atomic E-state index is -0.590. The lowest BCUT2D eigenvalue weighted by molar-refractivity contribution is -0.124. The number of benzene rings is 2. The summed E-state index contributed by atoms with van der Waals surface area (Å²) in [5.74, 6) is -1.01. The number of halogens is 2. The SMILES string of the molecule is C[C@H](NC(=O)COC(=O)c1ccc(N)cc1)c1ccc(Cl)c(Cl)c1. The number of carbonyl (C=O) groups is 2. The van der Waals surface area contributed by atoms with Gasteiger partial charge in [0.1, 0.15) is 0 Å². The minimum Gasteiger partial charge on any atom is -0.452 e. The second kappa shape index (κ2) is 8.04. The van der Waals surface area contributed by atoms with Crippen molar-refractivity contribution in [2.45, 2.75) is 13.0 Å². The fourth-order valence-electron chi connectivity index (χ4n) is 1.98. The molecule has 0 aliphatic carbocycles. The summed E-state index contributed by atoms with van der Waals surface area (Å²) < 4.78 is 4.97. The number of hydrogen-bond donors (Lipinski definition) is 2. The van der Waals surface area contributed by atoms with Crippen LogP contribution >= 0.6 is 23.2 Å². The molecule has 0 heterocycles. The van der Waals surface area contributed by atoms with E-state index in [1.165, 1.54) is 12.1 Å². The van der Waals surface area contributed by atoms with Gasteiger partial charge in [-0.3, -0.25) is 4.79 Å². The Balaban J connectivity index is 1.87.